The maximum absolute atomic E-state index is 12.9. The molecule has 0 radical (unpaired) electrons. The summed E-state index contributed by atoms with van der Waals surface area (Å²) >= 11 is 0. The van der Waals surface area contributed by atoms with Gasteiger partial charge in [-0.15, -0.1) is 0 Å². The van der Waals surface area contributed by atoms with Gasteiger partial charge in [-0.2, -0.15) is 0 Å². The molecule has 0 aliphatic heterocycles. The molecule has 0 saturated carbocycles. The third-order valence-corrected chi connectivity index (χ3v) is 14.7. The number of likely N-dealkylation sites (N-methyl/N-ethyl adjacent to an activating group) is 1. The van der Waals surface area contributed by atoms with Crippen LogP contribution in [0.4, 0.5) is 0 Å². The van der Waals surface area contributed by atoms with Crippen LogP contribution >= 0.6 is 7.82 Å². The van der Waals surface area contributed by atoms with Gasteiger partial charge in [0.05, 0.1) is 27.7 Å². The molecule has 0 spiro atoms. The van der Waals surface area contributed by atoms with E-state index < -0.39 is 26.5 Å². The van der Waals surface area contributed by atoms with Crippen LogP contribution in [0.5, 0.6) is 0 Å². The number of esters is 2. The largest absolute Gasteiger partial charge is 0.472 e. The molecule has 486 valence electrons. The molecule has 0 bridgehead atoms. The van der Waals surface area contributed by atoms with Crippen molar-refractivity contribution in [3.8, 4) is 0 Å². The summed E-state index contributed by atoms with van der Waals surface area (Å²) in [7, 11) is 1.45. The van der Waals surface area contributed by atoms with E-state index >= 15 is 0 Å². The van der Waals surface area contributed by atoms with Gasteiger partial charge in [0.25, 0.3) is 0 Å². The first-order valence-corrected chi connectivity index (χ1v) is 35.4. The summed E-state index contributed by atoms with van der Waals surface area (Å²) in [4.78, 5) is 35.9. The summed E-state index contributed by atoms with van der Waals surface area (Å²) in [5, 5.41) is 0. The van der Waals surface area contributed by atoms with Crippen molar-refractivity contribution in [1.82, 2.24) is 0 Å². The second-order valence-electron chi connectivity index (χ2n) is 23.1. The molecule has 9 nitrogen and oxygen atoms in total. The van der Waals surface area contributed by atoms with E-state index in [9.17, 15) is 19.0 Å². The van der Waals surface area contributed by atoms with E-state index in [0.717, 1.165) is 148 Å². The van der Waals surface area contributed by atoms with Gasteiger partial charge in [-0.05, 0) is 128 Å². The third kappa shape index (κ3) is 68.5. The molecule has 0 rings (SSSR count). The Labute approximate surface area is 528 Å². The van der Waals surface area contributed by atoms with Gasteiger partial charge in [0.2, 0.25) is 0 Å². The minimum atomic E-state index is -4.41. The number of rotatable bonds is 60. The van der Waals surface area contributed by atoms with Gasteiger partial charge in [0.1, 0.15) is 19.8 Å². The number of phosphoric ester groups is 1. The predicted molar refractivity (Wildman–Crippen MR) is 371 cm³/mol. The lowest BCUT2D eigenvalue weighted by Gasteiger charge is -2.24. The molecule has 0 heterocycles. The lowest BCUT2D eigenvalue weighted by Crippen LogP contribution is -2.37. The van der Waals surface area contributed by atoms with Crippen molar-refractivity contribution in [2.75, 3.05) is 47.5 Å². The minimum Gasteiger partial charge on any atom is -0.462 e. The SMILES string of the molecule is CC/C=C\C/C=C\C/C=C\C/C=C\C/C=C\C/C=C\C/C=C\CCCCCCCCCCCCCC(=O)OC(COC(=O)CCCCCCCCC/C=C\C/C=C\C/C=C\C/C=C\C/C=C\C/C=C\C/C=C\CC)COP(=O)(O)OCC[N+](C)(C)C. The fourth-order valence-electron chi connectivity index (χ4n) is 8.62. The maximum Gasteiger partial charge on any atom is 0.472 e. The number of allylic oxidation sites excluding steroid dienone is 28. The average Bonchev–Trinajstić information content (AvgIpc) is 3.70. The number of nitrogens with zero attached hydrogens (tertiary/aromatic N) is 1. The summed E-state index contributed by atoms with van der Waals surface area (Å²) < 4.78 is 34.7. The second kappa shape index (κ2) is 64.8. The molecule has 0 aromatic heterocycles. The molecule has 0 fully saturated rings. The van der Waals surface area contributed by atoms with E-state index in [4.69, 9.17) is 18.5 Å². The van der Waals surface area contributed by atoms with E-state index in [2.05, 4.69) is 184 Å². The Morgan fingerprint density at radius 3 is 0.930 bits per heavy atom. The Bertz CT molecular complexity index is 2060. The molecule has 0 aromatic carbocycles. The van der Waals surface area contributed by atoms with Gasteiger partial charge >= 0.3 is 19.8 Å². The molecular formula is C76H125NO8P+. The quantitative estimate of drug-likeness (QED) is 0.0211. The topological polar surface area (TPSA) is 108 Å². The van der Waals surface area contributed by atoms with Crippen molar-refractivity contribution in [2.45, 2.75) is 251 Å². The predicted octanol–water partition coefficient (Wildman–Crippen LogP) is 22.2. The number of carbonyl (C=O) groups excluding carboxylic acids is 2. The molecule has 0 amide bonds. The summed E-state index contributed by atoms with van der Waals surface area (Å²) in [6.45, 7) is 4.17. The van der Waals surface area contributed by atoms with Gasteiger partial charge in [-0.1, -0.05) is 274 Å². The number of carbonyl (C=O) groups is 2. The summed E-state index contributed by atoms with van der Waals surface area (Å²) in [5.74, 6) is -0.824. The van der Waals surface area contributed by atoms with E-state index in [1.54, 1.807) is 0 Å². The van der Waals surface area contributed by atoms with Gasteiger partial charge in [0.15, 0.2) is 6.10 Å². The number of hydrogen-bond donors (Lipinski definition) is 1. The minimum absolute atomic E-state index is 0.0200. The van der Waals surface area contributed by atoms with Crippen molar-refractivity contribution in [3.63, 3.8) is 0 Å². The number of hydrogen-bond acceptors (Lipinski definition) is 7. The molecule has 0 aliphatic carbocycles. The van der Waals surface area contributed by atoms with Crippen molar-refractivity contribution < 1.29 is 42.1 Å². The van der Waals surface area contributed by atoms with Gasteiger partial charge in [-0.25, -0.2) is 4.57 Å². The molecule has 2 atom stereocenters. The maximum atomic E-state index is 12.9. The van der Waals surface area contributed by atoms with Crippen molar-refractivity contribution >= 4 is 19.8 Å². The first kappa shape index (κ1) is 81.4. The fourth-order valence-corrected chi connectivity index (χ4v) is 9.36. The molecule has 0 aromatic rings. The Morgan fingerprint density at radius 1 is 0.360 bits per heavy atom. The Kier molecular flexibility index (Phi) is 61.3. The van der Waals surface area contributed by atoms with Gasteiger partial charge in [0, 0.05) is 12.8 Å². The highest BCUT2D eigenvalue weighted by Crippen LogP contribution is 2.43. The van der Waals surface area contributed by atoms with Gasteiger partial charge < -0.3 is 18.9 Å². The highest BCUT2D eigenvalue weighted by atomic mass is 31.2. The zero-order valence-electron chi connectivity index (χ0n) is 55.2. The third-order valence-electron chi connectivity index (χ3n) is 13.7. The average molecular weight is 1210 g/mol. The molecule has 0 aliphatic rings. The number of quaternary nitrogens is 1. The highest BCUT2D eigenvalue weighted by Gasteiger charge is 2.27. The Hall–Kier alpha value is -4.63. The number of phosphoric acid groups is 1. The fraction of sp³-hybridized carbons (Fsp3) is 0.605. The van der Waals surface area contributed by atoms with E-state index in [1.807, 2.05) is 21.1 Å². The van der Waals surface area contributed by atoms with Crippen LogP contribution in [0.1, 0.15) is 245 Å². The lowest BCUT2D eigenvalue weighted by molar-refractivity contribution is -0.870. The zero-order chi connectivity index (χ0) is 62.6. The monoisotopic (exact) mass is 1210 g/mol. The van der Waals surface area contributed by atoms with Crippen molar-refractivity contribution in [3.05, 3.63) is 170 Å². The first-order valence-electron chi connectivity index (χ1n) is 33.9. The second-order valence-corrected chi connectivity index (χ2v) is 24.5. The van der Waals surface area contributed by atoms with Crippen LogP contribution in [-0.4, -0.2) is 74.9 Å². The van der Waals surface area contributed by atoms with Crippen molar-refractivity contribution in [1.29, 1.82) is 0 Å². The van der Waals surface area contributed by atoms with Crippen LogP contribution in [-0.2, 0) is 32.7 Å². The van der Waals surface area contributed by atoms with Crippen LogP contribution < -0.4 is 0 Å². The van der Waals surface area contributed by atoms with E-state index in [0.29, 0.717) is 17.4 Å². The molecular weight excluding hydrogens is 1090 g/mol. The standard InChI is InChI=1S/C76H124NO8P/c1-6-8-10-12-14-16-18-20-22-24-26-28-30-32-34-36-37-38-39-41-43-45-47-49-51-53-55-57-59-61-63-65-67-69-76(79)85-74(73-84-86(80,81)83-71-70-77(3,4)5)72-82-75(78)68-66-64-62-60-58-56-54-52-50-48-46-44-42-40-35-33-31-29-27-25-23-21-19-17-15-13-11-9-7-2/h8-11,14-17,20-23,26-29,32-35,37-38,41-44,48,50,74H,6-7,12-13,18-19,24-25,30-31,36,39-40,45-47,49,51-73H2,1-5H3/p+1/b10-8-,11-9-,16-14-,17-15-,22-20-,23-21-,28-26-,29-27-,34-32-,35-33-,38-37-,43-41-,44-42-,50-48-. The smallest absolute Gasteiger partial charge is 0.462 e. The summed E-state index contributed by atoms with van der Waals surface area (Å²) in [6.07, 6.45) is 98.6. The zero-order valence-corrected chi connectivity index (χ0v) is 56.1. The normalized spacial score (nSPS) is 14.3. The van der Waals surface area contributed by atoms with Crippen LogP contribution in [0.3, 0.4) is 0 Å². The molecule has 0 saturated heterocycles. The van der Waals surface area contributed by atoms with Crippen LogP contribution in [0, 0.1) is 0 Å². The van der Waals surface area contributed by atoms with E-state index in [1.165, 1.54) is 64.2 Å². The lowest BCUT2D eigenvalue weighted by atomic mass is 10.0. The molecule has 1 N–H and O–H groups in total. The number of unbranched alkanes of at least 4 members (excludes halogenated alkanes) is 18. The Morgan fingerprint density at radius 2 is 0.628 bits per heavy atom. The summed E-state index contributed by atoms with van der Waals surface area (Å²) in [6, 6.07) is 0. The Balaban J connectivity index is 4.17. The van der Waals surface area contributed by atoms with Crippen LogP contribution in [0.25, 0.3) is 0 Å². The van der Waals surface area contributed by atoms with E-state index in [-0.39, 0.29) is 32.0 Å². The van der Waals surface area contributed by atoms with Crippen LogP contribution in [0.2, 0.25) is 0 Å². The van der Waals surface area contributed by atoms with Gasteiger partial charge in [-0.3, -0.25) is 18.6 Å². The number of ether oxygens (including phenoxy) is 2. The molecule has 2 unspecified atom stereocenters. The first-order chi connectivity index (χ1) is 42.0. The van der Waals surface area contributed by atoms with Crippen molar-refractivity contribution in [2.24, 2.45) is 0 Å². The highest BCUT2D eigenvalue weighted by molar-refractivity contribution is 7.47. The summed E-state index contributed by atoms with van der Waals surface area (Å²) in [5.41, 5.74) is 0. The molecule has 10 heteroatoms. The molecule has 86 heavy (non-hydrogen) atoms. The van der Waals surface area contributed by atoms with Crippen LogP contribution in [0.15, 0.2) is 170 Å².